The SMILES string of the molecule is N=C1C(N)N(c2ccc3c(c2)OCO3)c2nonc2N1c1ccc2c(c1)OCO2. The summed E-state index contributed by atoms with van der Waals surface area (Å²) in [6.45, 7) is 0.319. The van der Waals surface area contributed by atoms with E-state index in [4.69, 9.17) is 34.7 Å². The van der Waals surface area contributed by atoms with Crippen molar-refractivity contribution >= 4 is 28.8 Å². The quantitative estimate of drug-likeness (QED) is 0.665. The van der Waals surface area contributed by atoms with Gasteiger partial charge in [-0.3, -0.25) is 15.2 Å². The van der Waals surface area contributed by atoms with E-state index in [0.717, 1.165) is 0 Å². The highest BCUT2D eigenvalue weighted by molar-refractivity contribution is 6.11. The molecule has 3 N–H and O–H groups in total. The maximum Gasteiger partial charge on any atom is 0.231 e. The highest BCUT2D eigenvalue weighted by Crippen LogP contribution is 2.45. The van der Waals surface area contributed by atoms with Gasteiger partial charge in [0.05, 0.1) is 5.69 Å². The summed E-state index contributed by atoms with van der Waals surface area (Å²) in [4.78, 5) is 3.24. The van der Waals surface area contributed by atoms with Gasteiger partial charge in [-0.1, -0.05) is 0 Å². The number of nitrogens with zero attached hydrogens (tertiary/aromatic N) is 4. The number of fused-ring (bicyclic) bond motifs is 3. The molecule has 2 aromatic carbocycles. The summed E-state index contributed by atoms with van der Waals surface area (Å²) in [5.41, 5.74) is 7.75. The topological polar surface area (TPSA) is 132 Å². The zero-order valence-electron chi connectivity index (χ0n) is 14.9. The van der Waals surface area contributed by atoms with Crippen molar-refractivity contribution in [1.82, 2.24) is 10.3 Å². The van der Waals surface area contributed by atoms with Crippen molar-refractivity contribution in [3.63, 3.8) is 0 Å². The van der Waals surface area contributed by atoms with Crippen LogP contribution in [0.2, 0.25) is 0 Å². The Hall–Kier alpha value is -3.99. The van der Waals surface area contributed by atoms with Gasteiger partial charge in [0.15, 0.2) is 23.0 Å². The first kappa shape index (κ1) is 16.0. The second kappa shape index (κ2) is 5.75. The summed E-state index contributed by atoms with van der Waals surface area (Å²) in [6, 6.07) is 10.7. The molecule has 11 nitrogen and oxygen atoms in total. The molecule has 0 saturated heterocycles. The fraction of sp³-hybridized carbons (Fsp3) is 0.167. The molecule has 1 atom stereocenters. The number of anilines is 4. The van der Waals surface area contributed by atoms with Crippen LogP contribution in [-0.2, 0) is 0 Å². The number of hydrogen-bond donors (Lipinski definition) is 2. The number of nitrogens with one attached hydrogen (secondary N) is 1. The first-order valence-corrected chi connectivity index (χ1v) is 8.76. The molecule has 146 valence electrons. The molecule has 0 spiro atoms. The third-order valence-corrected chi connectivity index (χ3v) is 4.94. The van der Waals surface area contributed by atoms with E-state index in [9.17, 15) is 0 Å². The molecule has 0 radical (unpaired) electrons. The van der Waals surface area contributed by atoms with Crippen molar-refractivity contribution in [2.75, 3.05) is 23.4 Å². The lowest BCUT2D eigenvalue weighted by molar-refractivity contribution is 0.173. The Labute approximate surface area is 163 Å². The molecule has 6 rings (SSSR count). The molecule has 0 amide bonds. The molecule has 3 aliphatic heterocycles. The predicted molar refractivity (Wildman–Crippen MR) is 99.4 cm³/mol. The van der Waals surface area contributed by atoms with Crippen molar-refractivity contribution < 1.29 is 23.6 Å². The fourth-order valence-corrected chi connectivity index (χ4v) is 3.58. The van der Waals surface area contributed by atoms with E-state index in [2.05, 4.69) is 10.3 Å². The first-order valence-electron chi connectivity index (χ1n) is 8.76. The van der Waals surface area contributed by atoms with Gasteiger partial charge >= 0.3 is 0 Å². The van der Waals surface area contributed by atoms with Crippen molar-refractivity contribution in [2.24, 2.45) is 5.73 Å². The monoisotopic (exact) mass is 394 g/mol. The molecule has 0 aliphatic carbocycles. The summed E-state index contributed by atoms with van der Waals surface area (Å²) >= 11 is 0. The lowest BCUT2D eigenvalue weighted by Crippen LogP contribution is -2.54. The van der Waals surface area contributed by atoms with Gasteiger partial charge in [-0.05, 0) is 34.6 Å². The molecule has 4 heterocycles. The van der Waals surface area contributed by atoms with Gasteiger partial charge < -0.3 is 24.7 Å². The van der Waals surface area contributed by atoms with Gasteiger partial charge in [-0.25, -0.2) is 4.63 Å². The van der Waals surface area contributed by atoms with Crippen LogP contribution >= 0.6 is 0 Å². The Kier molecular flexibility index (Phi) is 3.18. The van der Waals surface area contributed by atoms with Crippen LogP contribution in [-0.4, -0.2) is 35.9 Å². The van der Waals surface area contributed by atoms with Crippen LogP contribution < -0.4 is 34.5 Å². The first-order chi connectivity index (χ1) is 14.2. The number of ether oxygens (including phenoxy) is 4. The molecule has 29 heavy (non-hydrogen) atoms. The Balaban J connectivity index is 1.45. The second-order valence-corrected chi connectivity index (χ2v) is 6.52. The summed E-state index contributed by atoms with van der Waals surface area (Å²) in [5.74, 6) is 3.28. The third kappa shape index (κ3) is 2.24. The molecule has 0 fully saturated rings. The molecule has 1 aromatic heterocycles. The van der Waals surface area contributed by atoms with E-state index in [1.807, 2.05) is 6.07 Å². The Bertz CT molecular complexity index is 1150. The lowest BCUT2D eigenvalue weighted by Gasteiger charge is -2.38. The van der Waals surface area contributed by atoms with E-state index in [-0.39, 0.29) is 19.4 Å². The van der Waals surface area contributed by atoms with Gasteiger partial charge in [0.1, 0.15) is 12.0 Å². The van der Waals surface area contributed by atoms with Crippen LogP contribution in [0.3, 0.4) is 0 Å². The molecular formula is C18H14N6O5. The average Bonchev–Trinajstić information content (AvgIpc) is 3.48. The standard InChI is InChI=1S/C18H14N6O5/c19-15-16(20)24(10-2-4-12-14(6-10)28-8-26-12)18-17(21-29-22-18)23(15)9-1-3-11-13(5-9)27-7-25-11/h1-6,15,20H,7-8,19H2. The van der Waals surface area contributed by atoms with Gasteiger partial charge in [0.2, 0.25) is 25.2 Å². The van der Waals surface area contributed by atoms with Crippen LogP contribution in [0.25, 0.3) is 0 Å². The largest absolute Gasteiger partial charge is 0.454 e. The van der Waals surface area contributed by atoms with Gasteiger partial charge in [0.25, 0.3) is 0 Å². The van der Waals surface area contributed by atoms with E-state index < -0.39 is 6.17 Å². The van der Waals surface area contributed by atoms with Crippen molar-refractivity contribution in [1.29, 1.82) is 5.41 Å². The Morgan fingerprint density at radius 3 is 2.14 bits per heavy atom. The molecule has 11 heteroatoms. The number of benzene rings is 2. The fourth-order valence-electron chi connectivity index (χ4n) is 3.58. The van der Waals surface area contributed by atoms with Gasteiger partial charge in [-0.15, -0.1) is 0 Å². The van der Waals surface area contributed by atoms with Crippen molar-refractivity contribution in [2.45, 2.75) is 6.17 Å². The highest BCUT2D eigenvalue weighted by atomic mass is 16.7. The molecule has 0 bridgehead atoms. The van der Waals surface area contributed by atoms with E-state index in [1.54, 1.807) is 40.1 Å². The van der Waals surface area contributed by atoms with E-state index in [0.29, 0.717) is 46.0 Å². The van der Waals surface area contributed by atoms with Crippen LogP contribution in [0.4, 0.5) is 23.0 Å². The smallest absolute Gasteiger partial charge is 0.231 e. The molecule has 1 unspecified atom stereocenters. The molecule has 3 aromatic rings. The maximum atomic E-state index is 8.71. The molecule has 3 aliphatic rings. The molecular weight excluding hydrogens is 380 g/mol. The summed E-state index contributed by atoms with van der Waals surface area (Å²) < 4.78 is 26.6. The minimum atomic E-state index is -0.847. The number of nitrogens with two attached hydrogens (primary N) is 1. The average molecular weight is 394 g/mol. The maximum absolute atomic E-state index is 8.71. The number of hydrogen-bond acceptors (Lipinski definition) is 10. The number of amidine groups is 1. The third-order valence-electron chi connectivity index (χ3n) is 4.94. The summed E-state index contributed by atoms with van der Waals surface area (Å²) in [6.07, 6.45) is -0.847. The minimum Gasteiger partial charge on any atom is -0.454 e. The van der Waals surface area contributed by atoms with Crippen molar-refractivity contribution in [3.8, 4) is 23.0 Å². The zero-order chi connectivity index (χ0) is 19.5. The Morgan fingerprint density at radius 1 is 0.828 bits per heavy atom. The summed E-state index contributed by atoms with van der Waals surface area (Å²) in [5, 5.41) is 16.8. The van der Waals surface area contributed by atoms with E-state index in [1.165, 1.54) is 0 Å². The molecule has 0 saturated carbocycles. The van der Waals surface area contributed by atoms with Gasteiger partial charge in [0, 0.05) is 17.8 Å². The zero-order valence-corrected chi connectivity index (χ0v) is 14.9. The summed E-state index contributed by atoms with van der Waals surface area (Å²) in [7, 11) is 0. The van der Waals surface area contributed by atoms with Crippen LogP contribution in [0.1, 0.15) is 0 Å². The lowest BCUT2D eigenvalue weighted by atomic mass is 10.1. The van der Waals surface area contributed by atoms with E-state index >= 15 is 0 Å². The Morgan fingerprint density at radius 2 is 1.41 bits per heavy atom. The minimum absolute atomic E-state index is 0.0877. The highest BCUT2D eigenvalue weighted by Gasteiger charge is 2.40. The second-order valence-electron chi connectivity index (χ2n) is 6.52. The van der Waals surface area contributed by atoms with Crippen LogP contribution in [0.5, 0.6) is 23.0 Å². The normalized spacial score (nSPS) is 18.9. The predicted octanol–water partition coefficient (Wildman–Crippen LogP) is 2.08. The number of aromatic nitrogens is 2. The number of rotatable bonds is 2. The van der Waals surface area contributed by atoms with Crippen LogP contribution in [0, 0.1) is 5.41 Å². The van der Waals surface area contributed by atoms with Crippen molar-refractivity contribution in [3.05, 3.63) is 36.4 Å². The van der Waals surface area contributed by atoms with Crippen LogP contribution in [0.15, 0.2) is 41.0 Å². The van der Waals surface area contributed by atoms with Gasteiger partial charge in [-0.2, -0.15) is 0 Å².